The number of para-hydroxylation sites is 2. The van der Waals surface area contributed by atoms with Crippen molar-refractivity contribution in [1.82, 2.24) is 0 Å². The average Bonchev–Trinajstić information content (AvgIpc) is 2.39. The molecule has 5 heteroatoms. The molecule has 0 aliphatic carbocycles. The lowest BCUT2D eigenvalue weighted by Crippen LogP contribution is -2.05. The summed E-state index contributed by atoms with van der Waals surface area (Å²) in [6.45, 7) is 0. The Morgan fingerprint density at radius 2 is 1.11 bits per heavy atom. The number of aliphatic hydroxyl groups excluding tert-OH is 2. The zero-order valence-electron chi connectivity index (χ0n) is 9.83. The van der Waals surface area contributed by atoms with Gasteiger partial charge >= 0.3 is 0 Å². The summed E-state index contributed by atoms with van der Waals surface area (Å²) >= 11 is 9.58. The summed E-state index contributed by atoms with van der Waals surface area (Å²) in [7, 11) is 0. The van der Waals surface area contributed by atoms with Crippen molar-refractivity contribution in [3.05, 3.63) is 59.7 Å². The number of anilines is 2. The summed E-state index contributed by atoms with van der Waals surface area (Å²) in [4.78, 5) is 0. The maximum Gasteiger partial charge on any atom is 0.190 e. The van der Waals surface area contributed by atoms with E-state index in [9.17, 15) is 10.2 Å². The Morgan fingerprint density at radius 3 is 1.47 bits per heavy atom. The van der Waals surface area contributed by atoms with Crippen molar-refractivity contribution in [2.24, 2.45) is 0 Å². The lowest BCUT2D eigenvalue weighted by atomic mass is 10.1. The quantitative estimate of drug-likeness (QED) is 0.745. The zero-order valence-corrected chi connectivity index (χ0v) is 11.5. The second-order valence-corrected chi connectivity index (χ2v) is 4.60. The van der Waals surface area contributed by atoms with Crippen molar-refractivity contribution < 1.29 is 10.2 Å². The SMILES string of the molecule is OC(=S)c1ccccc1Nc1ccccc1C(O)=S. The van der Waals surface area contributed by atoms with E-state index in [-0.39, 0.29) is 10.1 Å². The number of hydrogen-bond acceptors (Lipinski definition) is 3. The molecule has 0 radical (unpaired) electrons. The smallest absolute Gasteiger partial charge is 0.190 e. The van der Waals surface area contributed by atoms with E-state index in [1.165, 1.54) is 0 Å². The van der Waals surface area contributed by atoms with Gasteiger partial charge in [0.2, 0.25) is 0 Å². The first-order valence-corrected chi connectivity index (χ1v) is 6.33. The van der Waals surface area contributed by atoms with Crippen LogP contribution in [0.25, 0.3) is 0 Å². The third kappa shape index (κ3) is 3.07. The fourth-order valence-electron chi connectivity index (χ4n) is 1.70. The van der Waals surface area contributed by atoms with Gasteiger partial charge in [-0.15, -0.1) is 0 Å². The highest BCUT2D eigenvalue weighted by Gasteiger charge is 2.09. The molecule has 0 saturated heterocycles. The maximum atomic E-state index is 9.48. The molecule has 0 saturated carbocycles. The summed E-state index contributed by atoms with van der Waals surface area (Å²) in [5, 5.41) is 21.7. The highest BCUT2D eigenvalue weighted by atomic mass is 32.1. The third-order valence-electron chi connectivity index (χ3n) is 2.58. The number of hydrogen-bond donors (Lipinski definition) is 3. The van der Waals surface area contributed by atoms with Gasteiger partial charge in [-0.3, -0.25) is 0 Å². The Kier molecular flexibility index (Phi) is 4.09. The zero-order chi connectivity index (χ0) is 13.8. The largest absolute Gasteiger partial charge is 0.498 e. The van der Waals surface area contributed by atoms with E-state index in [4.69, 9.17) is 24.4 Å². The minimum atomic E-state index is -0.188. The maximum absolute atomic E-state index is 9.48. The molecule has 0 aliphatic rings. The molecule has 2 aromatic rings. The van der Waals surface area contributed by atoms with Gasteiger partial charge in [-0.25, -0.2) is 0 Å². The number of aliphatic hydroxyl groups is 2. The van der Waals surface area contributed by atoms with Gasteiger partial charge in [0.15, 0.2) is 10.1 Å². The molecule has 0 heterocycles. The van der Waals surface area contributed by atoms with Crippen LogP contribution in [0.3, 0.4) is 0 Å². The van der Waals surface area contributed by atoms with Crippen molar-refractivity contribution in [2.75, 3.05) is 5.32 Å². The highest BCUT2D eigenvalue weighted by molar-refractivity contribution is 7.80. The van der Waals surface area contributed by atoms with Crippen molar-refractivity contribution in [2.45, 2.75) is 0 Å². The molecule has 96 valence electrons. The van der Waals surface area contributed by atoms with E-state index in [1.54, 1.807) is 36.4 Å². The van der Waals surface area contributed by atoms with Crippen molar-refractivity contribution in [1.29, 1.82) is 0 Å². The molecule has 0 bridgehead atoms. The lowest BCUT2D eigenvalue weighted by Gasteiger charge is -2.13. The summed E-state index contributed by atoms with van der Waals surface area (Å²) in [6, 6.07) is 14.2. The first-order valence-electron chi connectivity index (χ1n) is 5.51. The molecular weight excluding hydrogens is 278 g/mol. The summed E-state index contributed by atoms with van der Waals surface area (Å²) < 4.78 is 0. The van der Waals surface area contributed by atoms with Gasteiger partial charge in [0.1, 0.15) is 0 Å². The van der Waals surface area contributed by atoms with E-state index in [1.807, 2.05) is 12.1 Å². The Balaban J connectivity index is 2.42. The summed E-state index contributed by atoms with van der Waals surface area (Å²) in [6.07, 6.45) is 0. The molecule has 0 fully saturated rings. The lowest BCUT2D eigenvalue weighted by molar-refractivity contribution is 0.571. The van der Waals surface area contributed by atoms with Crippen LogP contribution in [0, 0.1) is 0 Å². The van der Waals surface area contributed by atoms with Gasteiger partial charge in [0, 0.05) is 0 Å². The summed E-state index contributed by atoms with van der Waals surface area (Å²) in [5.74, 6) is 0. The first-order chi connectivity index (χ1) is 9.09. The minimum Gasteiger partial charge on any atom is -0.498 e. The van der Waals surface area contributed by atoms with Gasteiger partial charge < -0.3 is 15.5 Å². The van der Waals surface area contributed by atoms with E-state index in [0.717, 1.165) is 0 Å². The molecule has 0 unspecified atom stereocenters. The van der Waals surface area contributed by atoms with Crippen molar-refractivity contribution in [3.8, 4) is 0 Å². The molecule has 19 heavy (non-hydrogen) atoms. The molecule has 0 spiro atoms. The Labute approximate surface area is 121 Å². The molecule has 2 aromatic carbocycles. The fourth-order valence-corrected chi connectivity index (χ4v) is 2.06. The van der Waals surface area contributed by atoms with Crippen molar-refractivity contribution in [3.63, 3.8) is 0 Å². The predicted octanol–water partition coefficient (Wildman–Crippen LogP) is 3.90. The van der Waals surface area contributed by atoms with E-state index in [0.29, 0.717) is 22.5 Å². The molecule has 3 nitrogen and oxygen atoms in total. The van der Waals surface area contributed by atoms with Crippen LogP contribution in [0.1, 0.15) is 11.1 Å². The Hall–Kier alpha value is -1.98. The Morgan fingerprint density at radius 1 is 0.737 bits per heavy atom. The fraction of sp³-hybridized carbons (Fsp3) is 0. The first kappa shape index (κ1) is 13.5. The van der Waals surface area contributed by atoms with Crippen LogP contribution in [-0.4, -0.2) is 20.3 Å². The molecular formula is C14H11NO2S2. The van der Waals surface area contributed by atoms with Gasteiger partial charge in [0.25, 0.3) is 0 Å². The molecule has 0 amide bonds. The molecule has 2 rings (SSSR count). The van der Waals surface area contributed by atoms with Crippen LogP contribution in [0.15, 0.2) is 48.5 Å². The Bertz CT molecular complexity index is 585. The number of nitrogens with one attached hydrogen (secondary N) is 1. The van der Waals surface area contributed by atoms with Gasteiger partial charge in [-0.05, 0) is 48.7 Å². The van der Waals surface area contributed by atoms with Gasteiger partial charge in [-0.2, -0.15) is 0 Å². The van der Waals surface area contributed by atoms with Crippen LogP contribution in [0.4, 0.5) is 11.4 Å². The van der Waals surface area contributed by atoms with Gasteiger partial charge in [-0.1, -0.05) is 24.3 Å². The third-order valence-corrected chi connectivity index (χ3v) is 3.02. The number of benzene rings is 2. The standard InChI is InChI=1S/C14H11NO2S2/c16-13(18)9-5-1-3-7-11(9)15-12-8-4-2-6-10(12)14(17)19/h1-8,15H,(H,16,18)(H,17,19). The van der Waals surface area contributed by atoms with E-state index in [2.05, 4.69) is 5.32 Å². The average molecular weight is 289 g/mol. The monoisotopic (exact) mass is 289 g/mol. The molecule has 0 aromatic heterocycles. The number of rotatable bonds is 4. The number of thiocarbonyl (C=S) groups is 2. The molecule has 0 aliphatic heterocycles. The predicted molar refractivity (Wildman–Crippen MR) is 84.8 cm³/mol. The molecule has 0 atom stereocenters. The van der Waals surface area contributed by atoms with Crippen LogP contribution < -0.4 is 5.32 Å². The second kappa shape index (κ2) is 5.77. The van der Waals surface area contributed by atoms with Crippen LogP contribution in [0.5, 0.6) is 0 Å². The molecule has 3 N–H and O–H groups in total. The minimum absolute atomic E-state index is 0.188. The van der Waals surface area contributed by atoms with Crippen molar-refractivity contribution >= 4 is 45.9 Å². The topological polar surface area (TPSA) is 52.5 Å². The van der Waals surface area contributed by atoms with E-state index < -0.39 is 0 Å². The normalized spacial score (nSPS) is 9.89. The van der Waals surface area contributed by atoms with Crippen LogP contribution in [0.2, 0.25) is 0 Å². The van der Waals surface area contributed by atoms with Crippen LogP contribution in [-0.2, 0) is 0 Å². The van der Waals surface area contributed by atoms with E-state index >= 15 is 0 Å². The highest BCUT2D eigenvalue weighted by Crippen LogP contribution is 2.24. The van der Waals surface area contributed by atoms with Gasteiger partial charge in [0.05, 0.1) is 22.5 Å². The summed E-state index contributed by atoms with van der Waals surface area (Å²) in [5.41, 5.74) is 2.35. The van der Waals surface area contributed by atoms with Crippen LogP contribution >= 0.6 is 24.4 Å². The second-order valence-electron chi connectivity index (χ2n) is 3.83.